The molecule has 0 saturated heterocycles. The fraction of sp³-hybridized carbons (Fsp3) is 0. The molecule has 0 unspecified atom stereocenters. The number of imidazole rings is 1. The summed E-state index contributed by atoms with van der Waals surface area (Å²) < 4.78 is 4.50. The van der Waals surface area contributed by atoms with Gasteiger partial charge in [0.25, 0.3) is 0 Å². The van der Waals surface area contributed by atoms with Crippen LogP contribution in [-0.4, -0.2) is 29.1 Å². The van der Waals surface area contributed by atoms with Gasteiger partial charge in [0.15, 0.2) is 0 Å². The van der Waals surface area contributed by atoms with E-state index in [4.69, 9.17) is 15.0 Å². The number of nitrogens with zero attached hydrogens (tertiary/aromatic N) is 7. The fourth-order valence-electron chi connectivity index (χ4n) is 8.64. The Labute approximate surface area is 358 Å². The molecular weight excluding hydrogens is 918 g/mol. The number of fused-ring (bicyclic) bond motifs is 7. The largest absolute Gasteiger partial charge is 2.00 e. The molecule has 60 heavy (non-hydrogen) atoms. The van der Waals surface area contributed by atoms with E-state index in [0.717, 1.165) is 111 Å². The Balaban J connectivity index is 0.00000408. The van der Waals surface area contributed by atoms with E-state index < -0.39 is 0 Å². The van der Waals surface area contributed by atoms with Crippen molar-refractivity contribution in [3.05, 3.63) is 195 Å². The van der Waals surface area contributed by atoms with E-state index in [1.807, 2.05) is 73.4 Å². The Morgan fingerprint density at radius 1 is 0.483 bits per heavy atom. The van der Waals surface area contributed by atoms with Crippen molar-refractivity contribution < 1.29 is 21.1 Å². The van der Waals surface area contributed by atoms with Crippen molar-refractivity contribution in [2.24, 2.45) is 0 Å². The molecule has 0 aliphatic rings. The van der Waals surface area contributed by atoms with E-state index in [2.05, 4.69) is 140 Å². The molecule has 6 aromatic heterocycles. The van der Waals surface area contributed by atoms with Crippen molar-refractivity contribution in [1.82, 2.24) is 34.1 Å². The van der Waals surface area contributed by atoms with Gasteiger partial charge < -0.3 is 9.55 Å². The zero-order chi connectivity index (χ0) is 38.9. The Kier molecular flexibility index (Phi) is 8.57. The fourth-order valence-corrected chi connectivity index (χ4v) is 8.64. The molecule has 0 aliphatic carbocycles. The van der Waals surface area contributed by atoms with Gasteiger partial charge >= 0.3 is 21.1 Å². The number of rotatable bonds is 6. The van der Waals surface area contributed by atoms with Crippen LogP contribution in [-0.2, 0) is 21.1 Å². The third kappa shape index (κ3) is 5.69. The van der Waals surface area contributed by atoms with Gasteiger partial charge in [-0.3, -0.25) is 14.5 Å². The molecule has 8 heteroatoms. The van der Waals surface area contributed by atoms with E-state index in [1.54, 1.807) is 0 Å². The van der Waals surface area contributed by atoms with Crippen molar-refractivity contribution in [1.29, 1.82) is 0 Å². The first kappa shape index (κ1) is 35.7. The Morgan fingerprint density at radius 3 is 1.98 bits per heavy atom. The normalized spacial score (nSPS) is 11.5. The summed E-state index contributed by atoms with van der Waals surface area (Å²) in [5.74, 6) is 1.64. The van der Waals surface area contributed by atoms with Crippen LogP contribution in [0.25, 0.3) is 111 Å². The number of para-hydroxylation sites is 4. The summed E-state index contributed by atoms with van der Waals surface area (Å²) in [4.78, 5) is 24.2. The summed E-state index contributed by atoms with van der Waals surface area (Å²) in [6, 6.07) is 58.9. The van der Waals surface area contributed by atoms with E-state index in [9.17, 15) is 0 Å². The average molecular weight is 949 g/mol. The molecule has 0 aliphatic heterocycles. The molecule has 0 N–H and O–H groups in total. The molecule has 6 aromatic carbocycles. The molecule has 6 heterocycles. The maximum atomic E-state index is 5.52. The molecule has 0 radical (unpaired) electrons. The van der Waals surface area contributed by atoms with Gasteiger partial charge in [0.2, 0.25) is 0 Å². The van der Waals surface area contributed by atoms with Crippen LogP contribution < -0.4 is 4.98 Å². The van der Waals surface area contributed by atoms with Crippen LogP contribution in [0, 0.1) is 6.07 Å². The van der Waals surface area contributed by atoms with Crippen molar-refractivity contribution in [2.45, 2.75) is 0 Å². The van der Waals surface area contributed by atoms with Gasteiger partial charge in [-0.15, -0.1) is 34.8 Å². The topological polar surface area (TPSA) is 75.5 Å². The molecule has 0 fully saturated rings. The number of benzene rings is 6. The van der Waals surface area contributed by atoms with Gasteiger partial charge in [-0.1, -0.05) is 95.9 Å². The molecule has 12 rings (SSSR count). The molecule has 7 nitrogen and oxygen atoms in total. The third-order valence-corrected chi connectivity index (χ3v) is 11.4. The molecule has 12 aromatic rings. The van der Waals surface area contributed by atoms with Crippen LogP contribution in [0.2, 0.25) is 0 Å². The van der Waals surface area contributed by atoms with Crippen molar-refractivity contribution >= 4 is 54.6 Å². The molecule has 0 atom stereocenters. The minimum Gasteiger partial charge on any atom is -0.656 e. The standard InChI is InChI=1S/C52H31N7.Pt/c1-2-8-38(9-3-1)58-46-15-7-11-39(51(46)57-52(58)44-13-6-12-43-40-10-4-5-14-45(40)56-50(43)44)37-17-19-42-41-18-16-35(33-20-25-53-26-21-33)30-47(41)59(48(42)31-37)49-32-36(24-29-55-49)34-22-27-54-28-23-34;/h1-30,32H;/q-2;+2. The number of pyridine rings is 3. The van der Waals surface area contributed by atoms with Crippen LogP contribution in [0.4, 0.5) is 0 Å². The van der Waals surface area contributed by atoms with Gasteiger partial charge in [-0.25, -0.2) is 9.97 Å². The first-order valence-corrected chi connectivity index (χ1v) is 19.6. The average Bonchev–Trinajstić information content (AvgIpc) is 3.99. The van der Waals surface area contributed by atoms with Crippen LogP contribution in [0.15, 0.2) is 189 Å². The van der Waals surface area contributed by atoms with E-state index in [1.165, 1.54) is 0 Å². The van der Waals surface area contributed by atoms with Crippen molar-refractivity contribution in [3.63, 3.8) is 0 Å². The second-order valence-electron chi connectivity index (χ2n) is 14.7. The van der Waals surface area contributed by atoms with Crippen molar-refractivity contribution in [3.8, 4) is 56.3 Å². The molecule has 0 saturated carbocycles. The van der Waals surface area contributed by atoms with Crippen LogP contribution in [0.1, 0.15) is 0 Å². The van der Waals surface area contributed by atoms with Gasteiger partial charge in [0.1, 0.15) is 11.6 Å². The van der Waals surface area contributed by atoms with Crippen LogP contribution >= 0.6 is 0 Å². The van der Waals surface area contributed by atoms with E-state index in [-0.39, 0.29) is 21.1 Å². The molecule has 284 valence electrons. The number of hydrogen-bond donors (Lipinski definition) is 0. The van der Waals surface area contributed by atoms with Gasteiger partial charge in [-0.05, 0) is 105 Å². The SMILES string of the molecule is [Pt+2].[c-]1c(-c2cccc3c2nc(-c2cccc4c2[n-]c2ccccc24)n3-c2ccccc2)ccc2c3ccc(-c4ccncc4)cc3n(-c3cc(-c4ccncc4)ccn3)c12. The smallest absolute Gasteiger partial charge is 0.656 e. The monoisotopic (exact) mass is 948 g/mol. The van der Waals surface area contributed by atoms with Gasteiger partial charge in [0.05, 0.1) is 11.0 Å². The third-order valence-electron chi connectivity index (χ3n) is 11.4. The maximum absolute atomic E-state index is 5.52. The van der Waals surface area contributed by atoms with Crippen LogP contribution in [0.5, 0.6) is 0 Å². The zero-order valence-electron chi connectivity index (χ0n) is 31.8. The second-order valence-corrected chi connectivity index (χ2v) is 14.7. The first-order chi connectivity index (χ1) is 29.3. The maximum Gasteiger partial charge on any atom is 2.00 e. The number of aromatic nitrogens is 7. The molecule has 0 amide bonds. The summed E-state index contributed by atoms with van der Waals surface area (Å²) in [6.07, 6.45) is 9.18. The van der Waals surface area contributed by atoms with Gasteiger partial charge in [-0.2, -0.15) is 0 Å². The minimum absolute atomic E-state index is 0. The van der Waals surface area contributed by atoms with E-state index >= 15 is 0 Å². The quantitative estimate of drug-likeness (QED) is 0.155. The second kappa shape index (κ2) is 14.4. The Hall–Kier alpha value is -7.47. The summed E-state index contributed by atoms with van der Waals surface area (Å²) >= 11 is 0. The summed E-state index contributed by atoms with van der Waals surface area (Å²) in [6.45, 7) is 0. The molecular formula is C52H31N7Pt. The molecule has 0 spiro atoms. The summed E-state index contributed by atoms with van der Waals surface area (Å²) in [7, 11) is 0. The zero-order valence-corrected chi connectivity index (χ0v) is 34.1. The minimum atomic E-state index is 0. The summed E-state index contributed by atoms with van der Waals surface area (Å²) in [5.41, 5.74) is 14.0. The molecule has 0 bridgehead atoms. The predicted octanol–water partition coefficient (Wildman–Crippen LogP) is 12.0. The van der Waals surface area contributed by atoms with Crippen LogP contribution in [0.3, 0.4) is 0 Å². The predicted molar refractivity (Wildman–Crippen MR) is 238 cm³/mol. The Morgan fingerprint density at radius 2 is 1.17 bits per heavy atom. The number of hydrogen-bond acceptors (Lipinski definition) is 4. The Bertz CT molecular complexity index is 3550. The van der Waals surface area contributed by atoms with Gasteiger partial charge in [0, 0.05) is 47.8 Å². The van der Waals surface area contributed by atoms with Crippen molar-refractivity contribution in [2.75, 3.05) is 0 Å². The first-order valence-electron chi connectivity index (χ1n) is 19.6. The van der Waals surface area contributed by atoms with E-state index in [0.29, 0.717) is 0 Å². The summed E-state index contributed by atoms with van der Waals surface area (Å²) in [5, 5.41) is 4.46.